The Kier molecular flexibility index (Phi) is 4.22. The molecule has 1 heterocycles. The second-order valence-electron chi connectivity index (χ2n) is 5.55. The first-order valence-corrected chi connectivity index (χ1v) is 6.90. The van der Waals surface area contributed by atoms with Crippen molar-refractivity contribution < 1.29 is 9.59 Å². The number of nitrogens with zero attached hydrogens (tertiary/aromatic N) is 1. The predicted octanol–water partition coefficient (Wildman–Crippen LogP) is 0.241. The molecule has 3 N–H and O–H groups in total. The zero-order valence-corrected chi connectivity index (χ0v) is 11.0. The van der Waals surface area contributed by atoms with Gasteiger partial charge in [0.2, 0.25) is 11.8 Å². The molecule has 2 aliphatic rings. The van der Waals surface area contributed by atoms with Crippen LogP contribution in [0.25, 0.3) is 0 Å². The van der Waals surface area contributed by atoms with Gasteiger partial charge in [-0.05, 0) is 32.6 Å². The Bertz CT molecular complexity index is 328. The Balaban J connectivity index is 1.79. The van der Waals surface area contributed by atoms with Gasteiger partial charge < -0.3 is 16.0 Å². The highest BCUT2D eigenvalue weighted by molar-refractivity contribution is 5.80. The van der Waals surface area contributed by atoms with Crippen LogP contribution in [0.5, 0.6) is 0 Å². The largest absolute Gasteiger partial charge is 0.369 e. The van der Waals surface area contributed by atoms with Crippen LogP contribution in [-0.4, -0.2) is 41.9 Å². The smallest absolute Gasteiger partial charge is 0.224 e. The summed E-state index contributed by atoms with van der Waals surface area (Å²) in [5.74, 6) is -0.307. The number of hydrogen-bond acceptors (Lipinski definition) is 3. The van der Waals surface area contributed by atoms with Gasteiger partial charge in [-0.2, -0.15) is 0 Å². The Morgan fingerprint density at radius 2 is 2.00 bits per heavy atom. The highest BCUT2D eigenvalue weighted by atomic mass is 16.2. The summed E-state index contributed by atoms with van der Waals surface area (Å²) in [7, 11) is 0. The first-order chi connectivity index (χ1) is 8.58. The van der Waals surface area contributed by atoms with Gasteiger partial charge in [0.25, 0.3) is 0 Å². The standard InChI is InChI=1S/C13H23N3O2/c1-9-2-3-10(13(14)18)8-16(9)12(17)6-7-15-11-4-5-11/h9-11,15H,2-8H2,1H3,(H2,14,18). The number of amides is 2. The number of carbonyl (C=O) groups is 2. The third kappa shape index (κ3) is 3.45. The molecular formula is C13H23N3O2. The van der Waals surface area contributed by atoms with Gasteiger partial charge in [0, 0.05) is 31.6 Å². The van der Waals surface area contributed by atoms with E-state index in [1.165, 1.54) is 12.8 Å². The van der Waals surface area contributed by atoms with Crippen molar-refractivity contribution in [1.82, 2.24) is 10.2 Å². The summed E-state index contributed by atoms with van der Waals surface area (Å²) < 4.78 is 0. The second-order valence-corrected chi connectivity index (χ2v) is 5.55. The van der Waals surface area contributed by atoms with Crippen molar-refractivity contribution in [3.63, 3.8) is 0 Å². The summed E-state index contributed by atoms with van der Waals surface area (Å²) >= 11 is 0. The Labute approximate surface area is 108 Å². The molecule has 2 amide bonds. The molecule has 2 unspecified atom stereocenters. The number of nitrogens with one attached hydrogen (secondary N) is 1. The van der Waals surface area contributed by atoms with E-state index in [0.717, 1.165) is 19.4 Å². The summed E-state index contributed by atoms with van der Waals surface area (Å²) in [5, 5.41) is 3.34. The van der Waals surface area contributed by atoms with E-state index >= 15 is 0 Å². The average molecular weight is 253 g/mol. The number of carbonyl (C=O) groups excluding carboxylic acids is 2. The summed E-state index contributed by atoms with van der Waals surface area (Å²) in [4.78, 5) is 25.2. The van der Waals surface area contributed by atoms with Crippen LogP contribution in [-0.2, 0) is 9.59 Å². The molecule has 1 aliphatic heterocycles. The average Bonchev–Trinajstić information content (AvgIpc) is 3.13. The van der Waals surface area contributed by atoms with Gasteiger partial charge in [-0.1, -0.05) is 0 Å². The molecule has 18 heavy (non-hydrogen) atoms. The molecule has 5 heteroatoms. The number of hydrogen-bond donors (Lipinski definition) is 2. The van der Waals surface area contributed by atoms with Crippen LogP contribution in [0.3, 0.4) is 0 Å². The monoisotopic (exact) mass is 253 g/mol. The summed E-state index contributed by atoms with van der Waals surface area (Å²) in [6.45, 7) is 3.29. The maximum Gasteiger partial charge on any atom is 0.224 e. The van der Waals surface area contributed by atoms with Crippen LogP contribution in [0.2, 0.25) is 0 Å². The van der Waals surface area contributed by atoms with E-state index in [-0.39, 0.29) is 23.8 Å². The lowest BCUT2D eigenvalue weighted by Crippen LogP contribution is -2.49. The molecule has 2 rings (SSSR count). The fraction of sp³-hybridized carbons (Fsp3) is 0.846. The van der Waals surface area contributed by atoms with E-state index in [9.17, 15) is 9.59 Å². The molecule has 0 aromatic heterocycles. The van der Waals surface area contributed by atoms with Crippen molar-refractivity contribution >= 4 is 11.8 Å². The summed E-state index contributed by atoms with van der Waals surface area (Å²) in [5.41, 5.74) is 5.33. The zero-order valence-electron chi connectivity index (χ0n) is 11.0. The van der Waals surface area contributed by atoms with Gasteiger partial charge in [0.05, 0.1) is 5.92 Å². The van der Waals surface area contributed by atoms with Crippen LogP contribution in [0.4, 0.5) is 0 Å². The SMILES string of the molecule is CC1CCC(C(N)=O)CN1C(=O)CCNC1CC1. The second kappa shape index (κ2) is 5.69. The van der Waals surface area contributed by atoms with Gasteiger partial charge in [-0.15, -0.1) is 0 Å². The van der Waals surface area contributed by atoms with Gasteiger partial charge in [0.15, 0.2) is 0 Å². The van der Waals surface area contributed by atoms with Crippen LogP contribution >= 0.6 is 0 Å². The number of nitrogens with two attached hydrogens (primary N) is 1. The lowest BCUT2D eigenvalue weighted by Gasteiger charge is -2.37. The third-order valence-electron chi connectivity index (χ3n) is 3.95. The minimum atomic E-state index is -0.282. The van der Waals surface area contributed by atoms with Gasteiger partial charge in [-0.3, -0.25) is 9.59 Å². The van der Waals surface area contributed by atoms with Crippen molar-refractivity contribution in [2.24, 2.45) is 11.7 Å². The number of likely N-dealkylation sites (tertiary alicyclic amines) is 1. The molecule has 1 aliphatic carbocycles. The molecule has 102 valence electrons. The van der Waals surface area contributed by atoms with E-state index in [2.05, 4.69) is 5.32 Å². The molecule has 2 fully saturated rings. The molecular weight excluding hydrogens is 230 g/mol. The lowest BCUT2D eigenvalue weighted by molar-refractivity contribution is -0.137. The Morgan fingerprint density at radius 3 is 2.61 bits per heavy atom. The van der Waals surface area contributed by atoms with Crippen LogP contribution < -0.4 is 11.1 Å². The quantitative estimate of drug-likeness (QED) is 0.737. The van der Waals surface area contributed by atoms with Gasteiger partial charge >= 0.3 is 0 Å². The minimum absolute atomic E-state index is 0.140. The maximum absolute atomic E-state index is 12.1. The predicted molar refractivity (Wildman–Crippen MR) is 68.7 cm³/mol. The molecule has 0 radical (unpaired) electrons. The van der Waals surface area contributed by atoms with Gasteiger partial charge in [-0.25, -0.2) is 0 Å². The molecule has 0 aromatic carbocycles. The fourth-order valence-corrected chi connectivity index (χ4v) is 2.50. The summed E-state index contributed by atoms with van der Waals surface area (Å²) in [6, 6.07) is 0.865. The lowest BCUT2D eigenvalue weighted by atomic mass is 9.92. The molecule has 2 atom stereocenters. The molecule has 0 spiro atoms. The van der Waals surface area contributed by atoms with Crippen molar-refractivity contribution in [2.45, 2.75) is 51.1 Å². The Hall–Kier alpha value is -1.10. The van der Waals surface area contributed by atoms with E-state index in [1.54, 1.807) is 0 Å². The highest BCUT2D eigenvalue weighted by Crippen LogP contribution is 2.22. The van der Waals surface area contributed by atoms with Crippen molar-refractivity contribution in [3.05, 3.63) is 0 Å². The van der Waals surface area contributed by atoms with E-state index in [0.29, 0.717) is 19.0 Å². The van der Waals surface area contributed by atoms with E-state index in [4.69, 9.17) is 5.73 Å². The van der Waals surface area contributed by atoms with Crippen molar-refractivity contribution in [3.8, 4) is 0 Å². The highest BCUT2D eigenvalue weighted by Gasteiger charge is 2.31. The van der Waals surface area contributed by atoms with E-state index in [1.807, 2.05) is 11.8 Å². The Morgan fingerprint density at radius 1 is 1.28 bits per heavy atom. The van der Waals surface area contributed by atoms with Gasteiger partial charge in [0.1, 0.15) is 0 Å². The maximum atomic E-state index is 12.1. The van der Waals surface area contributed by atoms with Crippen LogP contribution in [0.1, 0.15) is 39.0 Å². The number of piperidine rings is 1. The summed E-state index contributed by atoms with van der Waals surface area (Å²) in [6.07, 6.45) is 4.67. The first-order valence-electron chi connectivity index (χ1n) is 6.90. The fourth-order valence-electron chi connectivity index (χ4n) is 2.50. The van der Waals surface area contributed by atoms with Crippen LogP contribution in [0, 0.1) is 5.92 Å². The minimum Gasteiger partial charge on any atom is -0.369 e. The van der Waals surface area contributed by atoms with Crippen molar-refractivity contribution in [1.29, 1.82) is 0 Å². The first kappa shape index (κ1) is 13.3. The molecule has 1 saturated heterocycles. The molecule has 5 nitrogen and oxygen atoms in total. The number of rotatable bonds is 5. The zero-order chi connectivity index (χ0) is 13.1. The number of primary amides is 1. The topological polar surface area (TPSA) is 75.4 Å². The third-order valence-corrected chi connectivity index (χ3v) is 3.95. The molecule has 1 saturated carbocycles. The van der Waals surface area contributed by atoms with Crippen LogP contribution in [0.15, 0.2) is 0 Å². The normalized spacial score (nSPS) is 28.2. The molecule has 0 aromatic rings. The molecule has 0 bridgehead atoms. The van der Waals surface area contributed by atoms with Crippen molar-refractivity contribution in [2.75, 3.05) is 13.1 Å². The van der Waals surface area contributed by atoms with E-state index < -0.39 is 0 Å².